The number of piperidine rings is 1. The third-order valence-electron chi connectivity index (χ3n) is 6.37. The van der Waals surface area contributed by atoms with E-state index in [1.807, 2.05) is 12.1 Å². The Hall–Kier alpha value is -3.61. The summed E-state index contributed by atoms with van der Waals surface area (Å²) in [7, 11) is 0. The molecule has 0 spiro atoms. The highest BCUT2D eigenvalue weighted by Gasteiger charge is 2.77. The van der Waals surface area contributed by atoms with Crippen molar-refractivity contribution in [2.45, 2.75) is 25.5 Å². The Kier molecular flexibility index (Phi) is 5.50. The molecule has 1 aromatic carbocycles. The second kappa shape index (κ2) is 8.15. The van der Waals surface area contributed by atoms with Crippen LogP contribution in [0.4, 0.5) is 10.5 Å². The summed E-state index contributed by atoms with van der Waals surface area (Å²) in [5.41, 5.74) is 0.852. The van der Waals surface area contributed by atoms with Crippen LogP contribution in [0.3, 0.4) is 0 Å². The van der Waals surface area contributed by atoms with Gasteiger partial charge in [-0.3, -0.25) is 19.3 Å². The highest BCUT2D eigenvalue weighted by Crippen LogP contribution is 2.64. The molecule has 3 fully saturated rings. The summed E-state index contributed by atoms with van der Waals surface area (Å²) in [6.45, 7) is 11.7. The van der Waals surface area contributed by atoms with Crippen LogP contribution in [0.1, 0.15) is 19.4 Å². The van der Waals surface area contributed by atoms with E-state index >= 15 is 0 Å². The number of carbonyl (C=O) groups excluding carboxylic acids is 4. The lowest BCUT2D eigenvalue weighted by atomic mass is 9.99. The van der Waals surface area contributed by atoms with E-state index < -0.39 is 23.7 Å². The molecule has 1 aromatic rings. The van der Waals surface area contributed by atoms with Crippen molar-refractivity contribution in [3.8, 4) is 0 Å². The van der Waals surface area contributed by atoms with E-state index in [0.29, 0.717) is 25.3 Å². The van der Waals surface area contributed by atoms with E-state index in [-0.39, 0.29) is 36.8 Å². The van der Waals surface area contributed by atoms with Gasteiger partial charge in [-0.1, -0.05) is 0 Å². The van der Waals surface area contributed by atoms with Crippen LogP contribution in [0.5, 0.6) is 0 Å². The Morgan fingerprint density at radius 2 is 1.84 bits per heavy atom. The fourth-order valence-electron chi connectivity index (χ4n) is 4.73. The lowest BCUT2D eigenvalue weighted by molar-refractivity contribution is -0.150. The molecular formula is C22H24N4O6. The van der Waals surface area contributed by atoms with Gasteiger partial charge in [0.25, 0.3) is 11.4 Å². The first kappa shape index (κ1) is 21.6. The SMILES string of the molecule is [C-]#[N+]C1(c2ccc(N3C[C@H](CNC(C)=O)OC3=O)cc2)[C@@H]2CN(C(=O)COC(C)=O)C[C@@H]21. The predicted molar refractivity (Wildman–Crippen MR) is 111 cm³/mol. The molecule has 4 rings (SSSR count). The lowest BCUT2D eigenvalue weighted by Gasteiger charge is -2.21. The van der Waals surface area contributed by atoms with Gasteiger partial charge >= 0.3 is 12.1 Å². The Balaban J connectivity index is 1.39. The van der Waals surface area contributed by atoms with Crippen LogP contribution in [0.15, 0.2) is 24.3 Å². The number of likely N-dealkylation sites (tertiary alicyclic amines) is 1. The summed E-state index contributed by atoms with van der Waals surface area (Å²) in [6.07, 6.45) is -0.892. The topological polar surface area (TPSA) is 110 Å². The number of hydrogen-bond donors (Lipinski definition) is 1. The standard InChI is InChI=1S/C22H24N4O6/c1-13(27)24-8-17-9-26(21(30)32-17)16-6-4-15(5-7-16)22(23-3)18-10-25(11-19(18)22)20(29)12-31-14(2)28/h4-7,17-19H,8-12H2,1-2H3,(H,24,27)/t17-,18-,19+,22?/m0/s1. The number of esters is 1. The number of ether oxygens (including phenoxy) is 2. The zero-order chi connectivity index (χ0) is 23.0. The molecule has 3 aliphatic rings. The average Bonchev–Trinajstić information content (AvgIpc) is 3.07. The predicted octanol–water partition coefficient (Wildman–Crippen LogP) is 0.914. The van der Waals surface area contributed by atoms with Crippen molar-refractivity contribution in [1.82, 2.24) is 10.2 Å². The molecule has 0 bridgehead atoms. The molecule has 1 unspecified atom stereocenters. The number of fused-ring (bicyclic) bond motifs is 1. The number of cyclic esters (lactones) is 1. The highest BCUT2D eigenvalue weighted by molar-refractivity contribution is 5.90. The number of hydrogen-bond acceptors (Lipinski definition) is 6. The van der Waals surface area contributed by atoms with Crippen molar-refractivity contribution in [3.63, 3.8) is 0 Å². The van der Waals surface area contributed by atoms with Crippen molar-refractivity contribution in [1.29, 1.82) is 0 Å². The van der Waals surface area contributed by atoms with Gasteiger partial charge in [0, 0.05) is 38.2 Å². The van der Waals surface area contributed by atoms with Crippen molar-refractivity contribution in [2.24, 2.45) is 11.8 Å². The molecule has 1 saturated carbocycles. The van der Waals surface area contributed by atoms with Crippen LogP contribution in [-0.4, -0.2) is 67.7 Å². The van der Waals surface area contributed by atoms with Gasteiger partial charge in [0.2, 0.25) is 5.91 Å². The van der Waals surface area contributed by atoms with Gasteiger partial charge < -0.3 is 24.5 Å². The summed E-state index contributed by atoms with van der Waals surface area (Å²) in [4.78, 5) is 53.4. The number of carbonyl (C=O) groups is 4. The van der Waals surface area contributed by atoms with Crippen LogP contribution >= 0.6 is 0 Å². The van der Waals surface area contributed by atoms with Gasteiger partial charge in [-0.15, -0.1) is 0 Å². The second-order valence-electron chi connectivity index (χ2n) is 8.33. The number of anilines is 1. The van der Waals surface area contributed by atoms with Crippen LogP contribution in [-0.2, 0) is 29.4 Å². The monoisotopic (exact) mass is 440 g/mol. The first-order valence-electron chi connectivity index (χ1n) is 10.4. The van der Waals surface area contributed by atoms with Crippen LogP contribution in [0, 0.1) is 18.4 Å². The molecule has 10 heteroatoms. The summed E-state index contributed by atoms with van der Waals surface area (Å²) >= 11 is 0. The van der Waals surface area contributed by atoms with E-state index in [9.17, 15) is 19.2 Å². The summed E-state index contributed by atoms with van der Waals surface area (Å²) in [6, 6.07) is 7.29. The van der Waals surface area contributed by atoms with E-state index in [4.69, 9.17) is 16.0 Å². The van der Waals surface area contributed by atoms with Gasteiger partial charge in [-0.05, 0) is 24.3 Å². The van der Waals surface area contributed by atoms with Crippen molar-refractivity contribution in [3.05, 3.63) is 41.2 Å². The molecule has 32 heavy (non-hydrogen) atoms. The van der Waals surface area contributed by atoms with Crippen LogP contribution < -0.4 is 10.2 Å². The fraction of sp³-hybridized carbons (Fsp3) is 0.500. The molecule has 2 aliphatic heterocycles. The normalized spacial score (nSPS) is 27.9. The smallest absolute Gasteiger partial charge is 0.414 e. The van der Waals surface area contributed by atoms with Gasteiger partial charge in [-0.2, -0.15) is 0 Å². The minimum atomic E-state index is -0.670. The molecule has 0 aromatic heterocycles. The molecule has 2 saturated heterocycles. The van der Waals surface area contributed by atoms with Crippen LogP contribution in [0.2, 0.25) is 0 Å². The lowest BCUT2D eigenvalue weighted by Crippen LogP contribution is -2.37. The minimum Gasteiger partial charge on any atom is -0.456 e. The number of amides is 3. The molecule has 168 valence electrons. The third kappa shape index (κ3) is 3.75. The maximum absolute atomic E-state index is 12.2. The van der Waals surface area contributed by atoms with Crippen molar-refractivity contribution < 1.29 is 28.7 Å². The Labute approximate surface area is 185 Å². The van der Waals surface area contributed by atoms with Gasteiger partial charge in [0.05, 0.1) is 24.9 Å². The zero-order valence-corrected chi connectivity index (χ0v) is 17.9. The maximum atomic E-state index is 12.2. The van der Waals surface area contributed by atoms with E-state index in [1.54, 1.807) is 17.0 Å². The molecule has 10 nitrogen and oxygen atoms in total. The van der Waals surface area contributed by atoms with Gasteiger partial charge in [0.15, 0.2) is 6.61 Å². The number of nitrogens with zero attached hydrogens (tertiary/aromatic N) is 3. The number of nitrogens with one attached hydrogen (secondary N) is 1. The van der Waals surface area contributed by atoms with Gasteiger partial charge in [-0.25, -0.2) is 11.4 Å². The van der Waals surface area contributed by atoms with Crippen molar-refractivity contribution in [2.75, 3.05) is 37.7 Å². The number of rotatable bonds is 6. The Morgan fingerprint density at radius 1 is 1.19 bits per heavy atom. The maximum Gasteiger partial charge on any atom is 0.414 e. The largest absolute Gasteiger partial charge is 0.456 e. The molecule has 0 radical (unpaired) electrons. The van der Waals surface area contributed by atoms with E-state index in [1.165, 1.54) is 18.7 Å². The summed E-state index contributed by atoms with van der Waals surface area (Å²) in [5.74, 6) is -0.864. The first-order valence-corrected chi connectivity index (χ1v) is 10.4. The molecule has 2 heterocycles. The van der Waals surface area contributed by atoms with E-state index in [2.05, 4.69) is 10.2 Å². The van der Waals surface area contributed by atoms with Crippen LogP contribution in [0.25, 0.3) is 4.85 Å². The van der Waals surface area contributed by atoms with Crippen molar-refractivity contribution >= 4 is 29.6 Å². The Morgan fingerprint density at radius 3 is 2.41 bits per heavy atom. The zero-order valence-electron chi connectivity index (χ0n) is 17.9. The summed E-state index contributed by atoms with van der Waals surface area (Å²) in [5, 5.41) is 2.64. The molecule has 4 atom stereocenters. The molecule has 1 N–H and O–H groups in total. The minimum absolute atomic E-state index is 0.0333. The average molecular weight is 440 g/mol. The van der Waals surface area contributed by atoms with E-state index in [0.717, 1.165) is 5.56 Å². The molecular weight excluding hydrogens is 416 g/mol. The fourth-order valence-corrected chi connectivity index (χ4v) is 4.73. The quantitative estimate of drug-likeness (QED) is 0.520. The molecule has 3 amide bonds. The Bertz CT molecular complexity index is 989. The third-order valence-corrected chi connectivity index (χ3v) is 6.37. The molecule has 1 aliphatic carbocycles. The van der Waals surface area contributed by atoms with Gasteiger partial charge in [0.1, 0.15) is 6.10 Å². The second-order valence-corrected chi connectivity index (χ2v) is 8.33. The highest BCUT2D eigenvalue weighted by atomic mass is 16.6. The number of benzene rings is 1. The first-order chi connectivity index (χ1) is 15.3. The summed E-state index contributed by atoms with van der Waals surface area (Å²) < 4.78 is 10.1.